The molecule has 3 heterocycles. The molecule has 0 saturated carbocycles. The van der Waals surface area contributed by atoms with Crippen molar-refractivity contribution in [2.75, 3.05) is 25.6 Å². The SMILES string of the molecule is COc1cnc2c(-c3nc4cc(F)c(OC[C@@H](C)OC(=O)Nc5cnc(CCO)nc5)cc4s3)cc(C)cc2n1. The first-order valence-electron chi connectivity index (χ1n) is 12.3. The van der Waals surface area contributed by atoms with Crippen LogP contribution in [0.3, 0.4) is 0 Å². The van der Waals surface area contributed by atoms with Crippen molar-refractivity contribution in [1.82, 2.24) is 24.9 Å². The third kappa shape index (κ3) is 6.05. The first kappa shape index (κ1) is 27.1. The van der Waals surface area contributed by atoms with Gasteiger partial charge in [0, 0.05) is 24.1 Å². The Morgan fingerprint density at radius 3 is 2.65 bits per heavy atom. The molecule has 0 aliphatic rings. The van der Waals surface area contributed by atoms with Gasteiger partial charge in [0.15, 0.2) is 11.6 Å². The molecule has 0 radical (unpaired) electrons. The summed E-state index contributed by atoms with van der Waals surface area (Å²) in [7, 11) is 1.53. The van der Waals surface area contributed by atoms with E-state index in [9.17, 15) is 9.18 Å². The van der Waals surface area contributed by atoms with Crippen LogP contribution in [0.5, 0.6) is 11.6 Å². The number of rotatable bonds is 9. The normalized spacial score (nSPS) is 11.9. The lowest BCUT2D eigenvalue weighted by atomic mass is 10.1. The molecule has 1 amide bonds. The molecule has 13 heteroatoms. The summed E-state index contributed by atoms with van der Waals surface area (Å²) < 4.78 is 31.7. The van der Waals surface area contributed by atoms with Crippen molar-refractivity contribution in [2.45, 2.75) is 26.4 Å². The number of benzene rings is 2. The second-order valence-corrected chi connectivity index (χ2v) is 9.91. The van der Waals surface area contributed by atoms with E-state index in [0.717, 1.165) is 15.8 Å². The number of thiazole rings is 1. The van der Waals surface area contributed by atoms with Gasteiger partial charge >= 0.3 is 6.09 Å². The molecule has 2 aromatic carbocycles. The highest BCUT2D eigenvalue weighted by molar-refractivity contribution is 7.21. The Morgan fingerprint density at radius 1 is 1.10 bits per heavy atom. The number of anilines is 1. The first-order chi connectivity index (χ1) is 19.3. The highest BCUT2D eigenvalue weighted by Gasteiger charge is 2.17. The first-order valence-corrected chi connectivity index (χ1v) is 13.1. The van der Waals surface area contributed by atoms with Crippen molar-refractivity contribution in [3.63, 3.8) is 0 Å². The molecule has 5 aromatic rings. The maximum Gasteiger partial charge on any atom is 0.412 e. The highest BCUT2D eigenvalue weighted by Crippen LogP contribution is 2.37. The molecule has 40 heavy (non-hydrogen) atoms. The number of nitrogens with one attached hydrogen (secondary N) is 1. The van der Waals surface area contributed by atoms with Crippen molar-refractivity contribution in [1.29, 1.82) is 0 Å². The lowest BCUT2D eigenvalue weighted by molar-refractivity contribution is 0.0844. The maximum absolute atomic E-state index is 14.9. The number of amides is 1. The van der Waals surface area contributed by atoms with Gasteiger partial charge in [0.05, 0.1) is 59.2 Å². The minimum Gasteiger partial charge on any atom is -0.487 e. The lowest BCUT2D eigenvalue weighted by Gasteiger charge is -2.15. The number of aromatic nitrogens is 5. The van der Waals surface area contributed by atoms with Crippen molar-refractivity contribution >= 4 is 44.4 Å². The van der Waals surface area contributed by atoms with Crippen molar-refractivity contribution in [3.8, 4) is 22.2 Å². The molecule has 5 rings (SSSR count). The molecule has 0 saturated heterocycles. The van der Waals surface area contributed by atoms with E-state index in [0.29, 0.717) is 45.4 Å². The predicted molar refractivity (Wildman–Crippen MR) is 147 cm³/mol. The van der Waals surface area contributed by atoms with E-state index >= 15 is 0 Å². The summed E-state index contributed by atoms with van der Waals surface area (Å²) in [5.74, 6) is 0.302. The predicted octanol–water partition coefficient (Wildman–Crippen LogP) is 4.70. The summed E-state index contributed by atoms with van der Waals surface area (Å²) in [6.45, 7) is 3.43. The molecule has 0 bridgehead atoms. The molecular weight excluding hydrogens is 539 g/mol. The van der Waals surface area contributed by atoms with Gasteiger partial charge in [-0.3, -0.25) is 5.32 Å². The number of hydrogen-bond donors (Lipinski definition) is 2. The largest absolute Gasteiger partial charge is 0.487 e. The minimum atomic E-state index is -0.733. The zero-order chi connectivity index (χ0) is 28.2. The summed E-state index contributed by atoms with van der Waals surface area (Å²) >= 11 is 1.38. The Balaban J connectivity index is 1.27. The van der Waals surface area contributed by atoms with E-state index in [4.69, 9.17) is 19.3 Å². The zero-order valence-corrected chi connectivity index (χ0v) is 22.7. The lowest BCUT2D eigenvalue weighted by Crippen LogP contribution is -2.25. The number of methoxy groups -OCH3 is 1. The fraction of sp³-hybridized carbons (Fsp3) is 0.259. The van der Waals surface area contributed by atoms with Crippen LogP contribution in [0.4, 0.5) is 14.9 Å². The molecule has 0 unspecified atom stereocenters. The number of ether oxygens (including phenoxy) is 3. The smallest absolute Gasteiger partial charge is 0.412 e. The summed E-state index contributed by atoms with van der Waals surface area (Å²) in [5.41, 5.74) is 3.92. The Labute approximate surface area is 232 Å². The topological polar surface area (TPSA) is 141 Å². The molecule has 206 valence electrons. The van der Waals surface area contributed by atoms with Gasteiger partial charge in [-0.2, -0.15) is 0 Å². The number of aliphatic hydroxyl groups excluding tert-OH is 1. The van der Waals surface area contributed by atoms with Crippen LogP contribution in [0.25, 0.3) is 31.8 Å². The summed E-state index contributed by atoms with van der Waals surface area (Å²) in [4.78, 5) is 33.9. The van der Waals surface area contributed by atoms with E-state index in [-0.39, 0.29) is 19.0 Å². The molecule has 0 spiro atoms. The average molecular weight is 565 g/mol. The molecule has 3 aromatic heterocycles. The van der Waals surface area contributed by atoms with E-state index in [1.54, 1.807) is 19.2 Å². The Kier molecular flexibility index (Phi) is 7.94. The average Bonchev–Trinajstić information content (AvgIpc) is 3.34. The third-order valence-corrected chi connectivity index (χ3v) is 6.77. The molecular formula is C27H25FN6O5S. The maximum atomic E-state index is 14.9. The third-order valence-electron chi connectivity index (χ3n) is 5.72. The van der Waals surface area contributed by atoms with Crippen LogP contribution in [0, 0.1) is 12.7 Å². The van der Waals surface area contributed by atoms with Crippen LogP contribution in [0.15, 0.2) is 42.9 Å². The zero-order valence-electron chi connectivity index (χ0n) is 21.8. The van der Waals surface area contributed by atoms with Crippen LogP contribution in [0.2, 0.25) is 0 Å². The van der Waals surface area contributed by atoms with Crippen LogP contribution in [-0.2, 0) is 11.2 Å². The number of aryl methyl sites for hydroxylation is 1. The van der Waals surface area contributed by atoms with Crippen molar-refractivity contribution in [2.24, 2.45) is 0 Å². The van der Waals surface area contributed by atoms with E-state index in [1.807, 2.05) is 19.1 Å². The number of carbonyl (C=O) groups is 1. The van der Waals surface area contributed by atoms with Gasteiger partial charge in [-0.15, -0.1) is 11.3 Å². The van der Waals surface area contributed by atoms with Gasteiger partial charge < -0.3 is 19.3 Å². The molecule has 0 aliphatic heterocycles. The Bertz CT molecular complexity index is 1680. The molecule has 2 N–H and O–H groups in total. The monoisotopic (exact) mass is 564 g/mol. The van der Waals surface area contributed by atoms with Crippen molar-refractivity contribution in [3.05, 3.63) is 60.1 Å². The van der Waals surface area contributed by atoms with Crippen LogP contribution in [-0.4, -0.2) is 62.5 Å². The Hall–Kier alpha value is -4.49. The summed E-state index contributed by atoms with van der Waals surface area (Å²) in [6, 6.07) is 6.78. The summed E-state index contributed by atoms with van der Waals surface area (Å²) in [6.07, 6.45) is 3.28. The van der Waals surface area contributed by atoms with Gasteiger partial charge in [-0.1, -0.05) is 0 Å². The van der Waals surface area contributed by atoms with Gasteiger partial charge in [0.1, 0.15) is 23.5 Å². The second-order valence-electron chi connectivity index (χ2n) is 8.88. The molecule has 0 aliphatic carbocycles. The van der Waals surface area contributed by atoms with Gasteiger partial charge in [0.25, 0.3) is 0 Å². The van der Waals surface area contributed by atoms with E-state index < -0.39 is 18.0 Å². The van der Waals surface area contributed by atoms with E-state index in [2.05, 4.69) is 30.2 Å². The fourth-order valence-electron chi connectivity index (χ4n) is 3.88. The quantitative estimate of drug-likeness (QED) is 0.259. The Morgan fingerprint density at radius 2 is 1.90 bits per heavy atom. The summed E-state index contributed by atoms with van der Waals surface area (Å²) in [5, 5.41) is 12.1. The number of hydrogen-bond acceptors (Lipinski definition) is 11. The number of halogens is 1. The van der Waals surface area contributed by atoms with Crippen LogP contribution in [0.1, 0.15) is 18.3 Å². The fourth-order valence-corrected chi connectivity index (χ4v) is 4.88. The van der Waals surface area contributed by atoms with Crippen molar-refractivity contribution < 1.29 is 28.5 Å². The number of aliphatic hydroxyl groups is 1. The number of nitrogens with zero attached hydrogens (tertiary/aromatic N) is 5. The number of fused-ring (bicyclic) bond motifs is 2. The van der Waals surface area contributed by atoms with Crippen LogP contribution >= 0.6 is 11.3 Å². The van der Waals surface area contributed by atoms with Crippen LogP contribution < -0.4 is 14.8 Å². The molecule has 0 fully saturated rings. The van der Waals surface area contributed by atoms with Gasteiger partial charge in [0.2, 0.25) is 5.88 Å². The van der Waals surface area contributed by atoms with Gasteiger partial charge in [-0.05, 0) is 31.5 Å². The number of carbonyl (C=O) groups excluding carboxylic acids is 1. The highest BCUT2D eigenvalue weighted by atomic mass is 32.1. The minimum absolute atomic E-state index is 0.0186. The second kappa shape index (κ2) is 11.7. The standard InChI is InChI=1S/C27H25FN6O5S/c1-14-6-17(25-20(7-14)33-24(37-3)12-31-25)26-34-19-8-18(28)21(9-22(19)40-26)38-13-15(2)39-27(36)32-16-10-29-23(4-5-35)30-11-16/h6-12,15,35H,4-5,13H2,1-3H3,(H,32,36)/t15-/m1/s1. The van der Waals surface area contributed by atoms with Gasteiger partial charge in [-0.25, -0.2) is 34.1 Å². The molecule has 11 nitrogen and oxygen atoms in total. The van der Waals surface area contributed by atoms with E-state index in [1.165, 1.54) is 36.9 Å². The molecule has 1 atom stereocenters.